The van der Waals surface area contributed by atoms with Crippen molar-refractivity contribution in [3.05, 3.63) is 0 Å². The average molecular weight is 274 g/mol. The molecule has 0 aromatic heterocycles. The molecule has 19 heavy (non-hydrogen) atoms. The monoisotopic (exact) mass is 274 g/mol. The molecule has 0 aromatic rings. The number of guanidine groups is 1. The zero-order valence-corrected chi connectivity index (χ0v) is 12.9. The van der Waals surface area contributed by atoms with Gasteiger partial charge in [-0.25, -0.2) is 0 Å². The third-order valence-electron chi connectivity index (χ3n) is 2.49. The van der Waals surface area contributed by atoms with Crippen molar-refractivity contribution in [3.63, 3.8) is 0 Å². The molecule has 0 saturated heterocycles. The smallest absolute Gasteiger partial charge is 0.190 e. The molecule has 0 aliphatic carbocycles. The molecule has 0 spiro atoms. The van der Waals surface area contributed by atoms with E-state index >= 15 is 0 Å². The molecular weight excluding hydrogens is 244 g/mol. The molecule has 0 atom stereocenters. The van der Waals surface area contributed by atoms with Crippen LogP contribution in [0.4, 0.5) is 0 Å². The Kier molecular flexibility index (Phi) is 13.0. The van der Waals surface area contributed by atoms with E-state index in [-0.39, 0.29) is 0 Å². The Bertz CT molecular complexity index is 223. The Morgan fingerprint density at radius 2 is 1.74 bits per heavy atom. The standard InChI is InChI=1S/C13H30N4O2/c1-14-13(15-7-5-9-17(2)3)16-8-6-10-19-12-11-18-4/h5-12H2,1-4H3,(H2,14,15,16). The largest absolute Gasteiger partial charge is 0.382 e. The summed E-state index contributed by atoms with van der Waals surface area (Å²) in [5.74, 6) is 0.857. The van der Waals surface area contributed by atoms with E-state index in [0.717, 1.165) is 45.0 Å². The number of methoxy groups -OCH3 is 1. The van der Waals surface area contributed by atoms with Crippen molar-refractivity contribution in [1.29, 1.82) is 0 Å². The first-order valence-electron chi connectivity index (χ1n) is 6.86. The van der Waals surface area contributed by atoms with Crippen LogP contribution in [0.5, 0.6) is 0 Å². The molecule has 0 unspecified atom stereocenters. The molecule has 0 heterocycles. The highest BCUT2D eigenvalue weighted by Crippen LogP contribution is 1.83. The molecule has 6 nitrogen and oxygen atoms in total. The van der Waals surface area contributed by atoms with Gasteiger partial charge in [0, 0.05) is 33.9 Å². The van der Waals surface area contributed by atoms with Gasteiger partial charge in [0.15, 0.2) is 5.96 Å². The van der Waals surface area contributed by atoms with Gasteiger partial charge < -0.3 is 25.0 Å². The molecule has 0 bridgehead atoms. The van der Waals surface area contributed by atoms with Crippen molar-refractivity contribution < 1.29 is 9.47 Å². The van der Waals surface area contributed by atoms with Crippen LogP contribution in [0.2, 0.25) is 0 Å². The number of nitrogens with one attached hydrogen (secondary N) is 2. The second-order valence-corrected chi connectivity index (χ2v) is 4.54. The van der Waals surface area contributed by atoms with Crippen LogP contribution in [-0.2, 0) is 9.47 Å². The van der Waals surface area contributed by atoms with Gasteiger partial charge >= 0.3 is 0 Å². The zero-order chi connectivity index (χ0) is 14.3. The quantitative estimate of drug-likeness (QED) is 0.319. The van der Waals surface area contributed by atoms with Gasteiger partial charge in [-0.15, -0.1) is 0 Å². The highest BCUT2D eigenvalue weighted by Gasteiger charge is 1.97. The molecule has 0 rings (SSSR count). The topological polar surface area (TPSA) is 58.1 Å². The maximum atomic E-state index is 5.38. The molecule has 114 valence electrons. The van der Waals surface area contributed by atoms with E-state index in [1.807, 2.05) is 0 Å². The first-order valence-corrected chi connectivity index (χ1v) is 6.86. The number of aliphatic imine (C=N–C) groups is 1. The van der Waals surface area contributed by atoms with Crippen LogP contribution in [0.3, 0.4) is 0 Å². The van der Waals surface area contributed by atoms with Crippen LogP contribution >= 0.6 is 0 Å². The van der Waals surface area contributed by atoms with E-state index in [1.165, 1.54) is 0 Å². The maximum absolute atomic E-state index is 5.38. The summed E-state index contributed by atoms with van der Waals surface area (Å²) in [6.07, 6.45) is 2.07. The highest BCUT2D eigenvalue weighted by molar-refractivity contribution is 5.79. The lowest BCUT2D eigenvalue weighted by atomic mass is 10.4. The number of nitrogens with zero attached hydrogens (tertiary/aromatic N) is 2. The summed E-state index contributed by atoms with van der Waals surface area (Å²) in [7, 11) is 7.63. The summed E-state index contributed by atoms with van der Waals surface area (Å²) in [6.45, 7) is 4.93. The lowest BCUT2D eigenvalue weighted by Crippen LogP contribution is -2.39. The van der Waals surface area contributed by atoms with Crippen molar-refractivity contribution in [2.45, 2.75) is 12.8 Å². The van der Waals surface area contributed by atoms with E-state index in [1.54, 1.807) is 14.2 Å². The zero-order valence-electron chi connectivity index (χ0n) is 12.9. The fourth-order valence-corrected chi connectivity index (χ4v) is 1.45. The lowest BCUT2D eigenvalue weighted by Gasteiger charge is -2.13. The molecule has 2 N–H and O–H groups in total. The van der Waals surface area contributed by atoms with Crippen molar-refractivity contribution in [2.75, 3.05) is 67.7 Å². The van der Waals surface area contributed by atoms with Gasteiger partial charge in [-0.05, 0) is 33.5 Å². The number of hydrogen-bond donors (Lipinski definition) is 2. The first-order chi connectivity index (χ1) is 9.20. The van der Waals surface area contributed by atoms with Gasteiger partial charge in [-0.3, -0.25) is 4.99 Å². The van der Waals surface area contributed by atoms with Gasteiger partial charge in [-0.2, -0.15) is 0 Å². The molecule has 0 radical (unpaired) electrons. The van der Waals surface area contributed by atoms with E-state index in [9.17, 15) is 0 Å². The normalized spacial score (nSPS) is 11.9. The van der Waals surface area contributed by atoms with Crippen LogP contribution in [0.1, 0.15) is 12.8 Å². The third kappa shape index (κ3) is 13.4. The molecule has 0 amide bonds. The molecular formula is C13H30N4O2. The van der Waals surface area contributed by atoms with Crippen LogP contribution in [0.15, 0.2) is 4.99 Å². The summed E-state index contributed by atoms with van der Waals surface area (Å²) in [4.78, 5) is 6.35. The van der Waals surface area contributed by atoms with Crippen LogP contribution in [0, 0.1) is 0 Å². The Hall–Kier alpha value is -0.850. The van der Waals surface area contributed by atoms with Gasteiger partial charge in [0.25, 0.3) is 0 Å². The molecule has 0 fully saturated rings. The molecule has 0 aliphatic heterocycles. The van der Waals surface area contributed by atoms with Crippen LogP contribution in [-0.4, -0.2) is 78.6 Å². The minimum absolute atomic E-state index is 0.655. The fraction of sp³-hybridized carbons (Fsp3) is 0.923. The van der Waals surface area contributed by atoms with Crippen LogP contribution < -0.4 is 10.6 Å². The number of ether oxygens (including phenoxy) is 2. The van der Waals surface area contributed by atoms with E-state index in [0.29, 0.717) is 13.2 Å². The minimum Gasteiger partial charge on any atom is -0.382 e. The Morgan fingerprint density at radius 3 is 2.32 bits per heavy atom. The van der Waals surface area contributed by atoms with E-state index in [4.69, 9.17) is 9.47 Å². The predicted molar refractivity (Wildman–Crippen MR) is 79.8 cm³/mol. The fourth-order valence-electron chi connectivity index (χ4n) is 1.45. The third-order valence-corrected chi connectivity index (χ3v) is 2.49. The van der Waals surface area contributed by atoms with E-state index < -0.39 is 0 Å². The summed E-state index contributed by atoms with van der Waals surface area (Å²) < 4.78 is 10.3. The van der Waals surface area contributed by atoms with Crippen molar-refractivity contribution in [1.82, 2.24) is 15.5 Å². The summed E-state index contributed by atoms with van der Waals surface area (Å²) in [5.41, 5.74) is 0. The first kappa shape index (κ1) is 18.1. The average Bonchev–Trinajstić information content (AvgIpc) is 2.39. The minimum atomic E-state index is 0.655. The Labute approximate surface area is 117 Å². The predicted octanol–water partition coefficient (Wildman–Crippen LogP) is 0.156. The number of hydrogen-bond acceptors (Lipinski definition) is 4. The Morgan fingerprint density at radius 1 is 1.05 bits per heavy atom. The van der Waals surface area contributed by atoms with Crippen molar-refractivity contribution in [3.8, 4) is 0 Å². The second kappa shape index (κ2) is 13.6. The summed E-state index contributed by atoms with van der Waals surface area (Å²) in [5, 5.41) is 6.55. The molecule has 0 aliphatic rings. The van der Waals surface area contributed by atoms with E-state index in [2.05, 4.69) is 34.6 Å². The summed E-state index contributed by atoms with van der Waals surface area (Å²) in [6, 6.07) is 0. The maximum Gasteiger partial charge on any atom is 0.190 e. The van der Waals surface area contributed by atoms with Gasteiger partial charge in [0.05, 0.1) is 13.2 Å². The molecule has 0 aromatic carbocycles. The highest BCUT2D eigenvalue weighted by atomic mass is 16.5. The lowest BCUT2D eigenvalue weighted by molar-refractivity contribution is 0.0698. The van der Waals surface area contributed by atoms with Crippen LogP contribution in [0.25, 0.3) is 0 Å². The van der Waals surface area contributed by atoms with Gasteiger partial charge in [0.2, 0.25) is 0 Å². The molecule has 6 heteroatoms. The van der Waals surface area contributed by atoms with Gasteiger partial charge in [0.1, 0.15) is 0 Å². The SMILES string of the molecule is CN=C(NCCCOCCOC)NCCCN(C)C. The summed E-state index contributed by atoms with van der Waals surface area (Å²) >= 11 is 0. The number of rotatable bonds is 11. The molecule has 0 saturated carbocycles. The van der Waals surface area contributed by atoms with Crippen molar-refractivity contribution >= 4 is 5.96 Å². The van der Waals surface area contributed by atoms with Gasteiger partial charge in [-0.1, -0.05) is 0 Å². The van der Waals surface area contributed by atoms with Crippen molar-refractivity contribution in [2.24, 2.45) is 4.99 Å². The Balaban J connectivity index is 3.40. The second-order valence-electron chi connectivity index (χ2n) is 4.54.